The summed E-state index contributed by atoms with van der Waals surface area (Å²) in [5, 5.41) is 10.5. The van der Waals surface area contributed by atoms with E-state index in [2.05, 4.69) is 13.8 Å². The minimum absolute atomic E-state index is 0.189. The first-order chi connectivity index (χ1) is 10.0. The lowest BCUT2D eigenvalue weighted by Gasteiger charge is -2.46. The van der Waals surface area contributed by atoms with Crippen LogP contribution in [0.1, 0.15) is 57.6 Å². The van der Waals surface area contributed by atoms with Gasteiger partial charge in [-0.05, 0) is 49.7 Å². The highest BCUT2D eigenvalue weighted by Gasteiger charge is 2.44. The Balaban J connectivity index is 1.89. The molecule has 0 bridgehead atoms. The van der Waals surface area contributed by atoms with Crippen LogP contribution in [0.4, 0.5) is 0 Å². The van der Waals surface area contributed by atoms with E-state index < -0.39 is 6.10 Å². The molecule has 0 aromatic heterocycles. The van der Waals surface area contributed by atoms with Crippen molar-refractivity contribution in [1.29, 1.82) is 0 Å². The Kier molecular flexibility index (Phi) is 3.87. The maximum absolute atomic E-state index is 10.5. The summed E-state index contributed by atoms with van der Waals surface area (Å²) in [5.41, 5.74) is 0.708. The highest BCUT2D eigenvalue weighted by molar-refractivity contribution is 5.44. The van der Waals surface area contributed by atoms with Gasteiger partial charge < -0.3 is 14.6 Å². The molecule has 3 atom stereocenters. The van der Waals surface area contributed by atoms with Crippen molar-refractivity contribution < 1.29 is 14.6 Å². The van der Waals surface area contributed by atoms with Crippen LogP contribution in [0.25, 0.3) is 0 Å². The van der Waals surface area contributed by atoms with Crippen molar-refractivity contribution in [3.63, 3.8) is 0 Å². The van der Waals surface area contributed by atoms with Crippen LogP contribution in [0.5, 0.6) is 11.5 Å². The Morgan fingerprint density at radius 2 is 2.14 bits per heavy atom. The average molecular weight is 290 g/mol. The molecule has 1 aromatic rings. The molecular formula is C18H26O3. The van der Waals surface area contributed by atoms with Crippen molar-refractivity contribution in [2.75, 3.05) is 7.11 Å². The highest BCUT2D eigenvalue weighted by Crippen LogP contribution is 2.49. The van der Waals surface area contributed by atoms with E-state index >= 15 is 0 Å². The number of aliphatic hydroxyl groups excluding tert-OH is 1. The van der Waals surface area contributed by atoms with Crippen molar-refractivity contribution in [2.24, 2.45) is 11.8 Å². The number of hydrogen-bond acceptors (Lipinski definition) is 3. The third kappa shape index (κ3) is 2.76. The molecule has 1 N–H and O–H groups in total. The highest BCUT2D eigenvalue weighted by atomic mass is 16.5. The number of fused-ring (bicyclic) bond motifs is 1. The zero-order chi connectivity index (χ0) is 15.0. The zero-order valence-electron chi connectivity index (χ0n) is 13.3. The van der Waals surface area contributed by atoms with E-state index in [4.69, 9.17) is 9.47 Å². The molecule has 116 valence electrons. The molecular weight excluding hydrogens is 264 g/mol. The predicted molar refractivity (Wildman–Crippen MR) is 82.7 cm³/mol. The van der Waals surface area contributed by atoms with Crippen molar-refractivity contribution in [3.8, 4) is 11.5 Å². The molecule has 3 rings (SSSR count). The Morgan fingerprint density at radius 1 is 1.33 bits per heavy atom. The summed E-state index contributed by atoms with van der Waals surface area (Å²) in [4.78, 5) is 0. The SMILES string of the molecule is COc1ccc2c(c1)OC1(CCCC(C(C)C)C1)C[C@H]2O. The largest absolute Gasteiger partial charge is 0.497 e. The standard InChI is InChI=1S/C18H26O3/c1-12(2)13-5-4-8-18(10-13)11-16(19)15-7-6-14(20-3)9-17(15)21-18/h6-7,9,12-13,16,19H,4-5,8,10-11H2,1-3H3/t13?,16-,18?/m1/s1. The fraction of sp³-hybridized carbons (Fsp3) is 0.667. The normalized spacial score (nSPS) is 31.9. The second kappa shape index (κ2) is 5.53. The fourth-order valence-corrected chi connectivity index (χ4v) is 3.96. The van der Waals surface area contributed by atoms with Crippen LogP contribution in [0.2, 0.25) is 0 Å². The molecule has 3 nitrogen and oxygen atoms in total. The number of ether oxygens (including phenoxy) is 2. The number of rotatable bonds is 2. The number of methoxy groups -OCH3 is 1. The molecule has 1 aliphatic carbocycles. The lowest BCUT2D eigenvalue weighted by molar-refractivity contribution is -0.0573. The van der Waals surface area contributed by atoms with Crippen molar-refractivity contribution in [3.05, 3.63) is 23.8 Å². The first kappa shape index (κ1) is 14.7. The Hall–Kier alpha value is -1.22. The van der Waals surface area contributed by atoms with Gasteiger partial charge in [-0.2, -0.15) is 0 Å². The van der Waals surface area contributed by atoms with Gasteiger partial charge in [0.25, 0.3) is 0 Å². The molecule has 0 amide bonds. The molecule has 1 saturated carbocycles. The lowest BCUT2D eigenvalue weighted by Crippen LogP contribution is -2.45. The molecule has 1 heterocycles. The van der Waals surface area contributed by atoms with E-state index in [0.717, 1.165) is 36.3 Å². The topological polar surface area (TPSA) is 38.7 Å². The van der Waals surface area contributed by atoms with Crippen molar-refractivity contribution in [1.82, 2.24) is 0 Å². The molecule has 0 saturated heterocycles. The third-order valence-corrected chi connectivity index (χ3v) is 5.26. The van der Waals surface area contributed by atoms with Crippen LogP contribution in [-0.2, 0) is 0 Å². The monoisotopic (exact) mass is 290 g/mol. The second-order valence-electron chi connectivity index (χ2n) is 7.01. The lowest BCUT2D eigenvalue weighted by atomic mass is 9.70. The summed E-state index contributed by atoms with van der Waals surface area (Å²) in [6, 6.07) is 5.73. The molecule has 3 heteroatoms. The summed E-state index contributed by atoms with van der Waals surface area (Å²) in [7, 11) is 1.66. The summed E-state index contributed by atoms with van der Waals surface area (Å²) in [5.74, 6) is 2.96. The fourth-order valence-electron chi connectivity index (χ4n) is 3.96. The van der Waals surface area contributed by atoms with E-state index in [9.17, 15) is 5.11 Å². The van der Waals surface area contributed by atoms with Gasteiger partial charge in [-0.1, -0.05) is 13.8 Å². The minimum Gasteiger partial charge on any atom is -0.497 e. The minimum atomic E-state index is -0.425. The van der Waals surface area contributed by atoms with Crippen LogP contribution in [0.15, 0.2) is 18.2 Å². The smallest absolute Gasteiger partial charge is 0.129 e. The van der Waals surface area contributed by atoms with Gasteiger partial charge >= 0.3 is 0 Å². The molecule has 0 radical (unpaired) electrons. The number of aliphatic hydroxyl groups is 1. The van der Waals surface area contributed by atoms with Crippen molar-refractivity contribution >= 4 is 0 Å². The van der Waals surface area contributed by atoms with E-state index in [1.54, 1.807) is 7.11 Å². The molecule has 1 aliphatic heterocycles. The van der Waals surface area contributed by atoms with Crippen LogP contribution in [0.3, 0.4) is 0 Å². The quantitative estimate of drug-likeness (QED) is 0.891. The molecule has 2 unspecified atom stereocenters. The summed E-state index contributed by atoms with van der Waals surface area (Å²) in [6.07, 6.45) is 4.86. The van der Waals surface area contributed by atoms with Crippen LogP contribution < -0.4 is 9.47 Å². The first-order valence-electron chi connectivity index (χ1n) is 8.08. The van der Waals surface area contributed by atoms with Gasteiger partial charge in [-0.15, -0.1) is 0 Å². The zero-order valence-corrected chi connectivity index (χ0v) is 13.3. The first-order valence-corrected chi connectivity index (χ1v) is 8.08. The average Bonchev–Trinajstić information content (AvgIpc) is 2.46. The summed E-state index contributed by atoms with van der Waals surface area (Å²) < 4.78 is 11.7. The molecule has 1 fully saturated rings. The molecule has 21 heavy (non-hydrogen) atoms. The van der Waals surface area contributed by atoms with Gasteiger partial charge in [0.2, 0.25) is 0 Å². The van der Waals surface area contributed by atoms with Gasteiger partial charge in [0.15, 0.2) is 0 Å². The Morgan fingerprint density at radius 3 is 2.86 bits per heavy atom. The molecule has 1 spiro atoms. The Labute approximate surface area is 127 Å². The van der Waals surface area contributed by atoms with Crippen molar-refractivity contribution in [2.45, 2.75) is 57.7 Å². The van der Waals surface area contributed by atoms with Crippen LogP contribution >= 0.6 is 0 Å². The number of hydrogen-bond donors (Lipinski definition) is 1. The van der Waals surface area contributed by atoms with E-state index in [-0.39, 0.29) is 5.60 Å². The van der Waals surface area contributed by atoms with E-state index in [0.29, 0.717) is 11.8 Å². The van der Waals surface area contributed by atoms with Crippen LogP contribution in [0, 0.1) is 11.8 Å². The maximum Gasteiger partial charge on any atom is 0.129 e. The predicted octanol–water partition coefficient (Wildman–Crippen LogP) is 4.10. The van der Waals surface area contributed by atoms with E-state index in [1.165, 1.54) is 12.8 Å². The van der Waals surface area contributed by atoms with Gasteiger partial charge in [-0.25, -0.2) is 0 Å². The van der Waals surface area contributed by atoms with Gasteiger partial charge in [0.05, 0.1) is 13.2 Å². The van der Waals surface area contributed by atoms with E-state index in [1.807, 2.05) is 18.2 Å². The van der Waals surface area contributed by atoms with Gasteiger partial charge in [-0.3, -0.25) is 0 Å². The molecule has 1 aromatic carbocycles. The summed E-state index contributed by atoms with van der Waals surface area (Å²) >= 11 is 0. The van der Waals surface area contributed by atoms with Gasteiger partial charge in [0.1, 0.15) is 17.1 Å². The third-order valence-electron chi connectivity index (χ3n) is 5.26. The molecule has 2 aliphatic rings. The van der Waals surface area contributed by atoms with Gasteiger partial charge in [0, 0.05) is 18.1 Å². The maximum atomic E-state index is 10.5. The van der Waals surface area contributed by atoms with Crippen LogP contribution in [-0.4, -0.2) is 17.8 Å². The Bertz CT molecular complexity index is 511. The number of benzene rings is 1. The second-order valence-corrected chi connectivity index (χ2v) is 7.01. The summed E-state index contributed by atoms with van der Waals surface area (Å²) in [6.45, 7) is 4.58.